The Labute approximate surface area is 211 Å². The summed E-state index contributed by atoms with van der Waals surface area (Å²) in [6.45, 7) is 11.0. The summed E-state index contributed by atoms with van der Waals surface area (Å²) >= 11 is 0. The van der Waals surface area contributed by atoms with Gasteiger partial charge in [-0.05, 0) is 77.4 Å². The fourth-order valence-electron chi connectivity index (χ4n) is 4.04. The molecule has 2 heterocycles. The molecule has 5 aromatic rings. The number of benzene rings is 3. The summed E-state index contributed by atoms with van der Waals surface area (Å²) in [6.07, 6.45) is 1.05. The Hall–Kier alpha value is -4.06. The third-order valence-corrected chi connectivity index (χ3v) is 6.07. The highest BCUT2D eigenvalue weighted by molar-refractivity contribution is 5.64. The minimum Gasteiger partial charge on any atom is -0.416 e. The Morgan fingerprint density at radius 1 is 0.556 bits per heavy atom. The Balaban J connectivity index is 1.30. The number of hydrogen-bond acceptors (Lipinski definition) is 6. The van der Waals surface area contributed by atoms with E-state index in [0.29, 0.717) is 29.5 Å². The second kappa shape index (κ2) is 9.53. The molecule has 6 heteroatoms. The maximum absolute atomic E-state index is 5.95. The smallest absolute Gasteiger partial charge is 0.248 e. The molecule has 0 saturated heterocycles. The molecule has 0 radical (unpaired) electrons. The second-order valence-corrected chi connectivity index (χ2v) is 10.5. The van der Waals surface area contributed by atoms with Crippen molar-refractivity contribution in [1.82, 2.24) is 20.4 Å². The number of rotatable bonds is 6. The first kappa shape index (κ1) is 23.7. The van der Waals surface area contributed by atoms with Crippen LogP contribution in [0.15, 0.2) is 81.6 Å². The van der Waals surface area contributed by atoms with Crippen molar-refractivity contribution in [3.8, 4) is 45.8 Å². The van der Waals surface area contributed by atoms with Crippen LogP contribution >= 0.6 is 0 Å². The molecule has 0 aliphatic carbocycles. The van der Waals surface area contributed by atoms with Crippen LogP contribution in [0.4, 0.5) is 0 Å². The largest absolute Gasteiger partial charge is 0.416 e. The highest BCUT2D eigenvalue weighted by Gasteiger charge is 2.16. The van der Waals surface area contributed by atoms with Gasteiger partial charge in [0, 0.05) is 22.3 Å². The van der Waals surface area contributed by atoms with Crippen LogP contribution in [0.1, 0.15) is 45.7 Å². The fourth-order valence-corrected chi connectivity index (χ4v) is 4.04. The molecule has 6 nitrogen and oxygen atoms in total. The summed E-state index contributed by atoms with van der Waals surface area (Å²) in [7, 11) is 0. The van der Waals surface area contributed by atoms with Gasteiger partial charge in [-0.1, -0.05) is 58.9 Å². The van der Waals surface area contributed by atoms with Crippen molar-refractivity contribution in [1.29, 1.82) is 0 Å². The van der Waals surface area contributed by atoms with Crippen molar-refractivity contribution in [3.63, 3.8) is 0 Å². The van der Waals surface area contributed by atoms with Gasteiger partial charge in [-0.25, -0.2) is 0 Å². The molecular formula is C30H30N4O2. The van der Waals surface area contributed by atoms with Crippen molar-refractivity contribution in [3.05, 3.63) is 83.9 Å². The van der Waals surface area contributed by atoms with Crippen LogP contribution in [-0.4, -0.2) is 20.4 Å². The number of hydrogen-bond donors (Lipinski definition) is 0. The van der Waals surface area contributed by atoms with E-state index in [9.17, 15) is 0 Å². The first-order chi connectivity index (χ1) is 17.3. The summed E-state index contributed by atoms with van der Waals surface area (Å²) in [5.41, 5.74) is 6.11. The monoisotopic (exact) mass is 478 g/mol. The van der Waals surface area contributed by atoms with Crippen LogP contribution in [0.5, 0.6) is 0 Å². The predicted octanol–water partition coefficient (Wildman–Crippen LogP) is 7.62. The average molecular weight is 479 g/mol. The van der Waals surface area contributed by atoms with E-state index in [-0.39, 0.29) is 5.41 Å². The van der Waals surface area contributed by atoms with Crippen LogP contribution in [-0.2, 0) is 11.8 Å². The molecule has 0 amide bonds. The second-order valence-electron chi connectivity index (χ2n) is 10.5. The molecule has 2 aromatic heterocycles. The van der Waals surface area contributed by atoms with Crippen molar-refractivity contribution in [2.75, 3.05) is 0 Å². The van der Waals surface area contributed by atoms with Gasteiger partial charge in [0.1, 0.15) is 0 Å². The van der Waals surface area contributed by atoms with Crippen molar-refractivity contribution >= 4 is 0 Å². The molecule has 0 atom stereocenters. The van der Waals surface area contributed by atoms with E-state index in [4.69, 9.17) is 8.83 Å². The summed E-state index contributed by atoms with van der Waals surface area (Å²) in [4.78, 5) is 0. The topological polar surface area (TPSA) is 77.8 Å². The Morgan fingerprint density at radius 3 is 1.22 bits per heavy atom. The van der Waals surface area contributed by atoms with Crippen LogP contribution < -0.4 is 0 Å². The van der Waals surface area contributed by atoms with Gasteiger partial charge in [-0.3, -0.25) is 0 Å². The fraction of sp³-hybridized carbons (Fsp3) is 0.267. The lowest BCUT2D eigenvalue weighted by Gasteiger charge is -2.18. The summed E-state index contributed by atoms with van der Waals surface area (Å²) in [5.74, 6) is 2.55. The summed E-state index contributed by atoms with van der Waals surface area (Å²) < 4.78 is 11.9. The quantitative estimate of drug-likeness (QED) is 0.250. The Bertz CT molecular complexity index is 1440. The highest BCUT2D eigenvalue weighted by atomic mass is 16.4. The van der Waals surface area contributed by atoms with Crippen LogP contribution in [0.2, 0.25) is 0 Å². The lowest BCUT2D eigenvalue weighted by molar-refractivity contribution is 0.581. The SMILES string of the molecule is CC(C)Cc1ccc(-c2nnc(-c3ccc(-c4nnc(-c5ccc(C(C)(C)C)cc5)o4)cc3)o2)cc1. The lowest BCUT2D eigenvalue weighted by atomic mass is 9.87. The first-order valence-electron chi connectivity index (χ1n) is 12.2. The van der Waals surface area contributed by atoms with Gasteiger partial charge in [0.25, 0.3) is 0 Å². The van der Waals surface area contributed by atoms with Crippen LogP contribution in [0.25, 0.3) is 45.8 Å². The van der Waals surface area contributed by atoms with Gasteiger partial charge in [0.15, 0.2) is 0 Å². The molecule has 0 saturated carbocycles. The van der Waals surface area contributed by atoms with E-state index >= 15 is 0 Å². The van der Waals surface area contributed by atoms with Crippen molar-refractivity contribution in [2.24, 2.45) is 5.92 Å². The molecule has 0 spiro atoms. The van der Waals surface area contributed by atoms with Gasteiger partial charge >= 0.3 is 0 Å². The average Bonchev–Trinajstić information content (AvgIpc) is 3.55. The minimum absolute atomic E-state index is 0.0947. The number of aromatic nitrogens is 4. The van der Waals surface area contributed by atoms with Crippen molar-refractivity contribution < 1.29 is 8.83 Å². The van der Waals surface area contributed by atoms with E-state index in [1.54, 1.807) is 0 Å². The zero-order chi connectivity index (χ0) is 25.3. The van der Waals surface area contributed by atoms with E-state index in [2.05, 4.69) is 79.3 Å². The molecule has 0 unspecified atom stereocenters. The lowest BCUT2D eigenvalue weighted by Crippen LogP contribution is -2.10. The van der Waals surface area contributed by atoms with E-state index in [1.165, 1.54) is 11.1 Å². The van der Waals surface area contributed by atoms with Crippen LogP contribution in [0, 0.1) is 5.92 Å². The molecule has 0 aliphatic heterocycles. The van der Waals surface area contributed by atoms with Gasteiger partial charge < -0.3 is 8.83 Å². The third-order valence-electron chi connectivity index (χ3n) is 6.07. The van der Waals surface area contributed by atoms with Gasteiger partial charge in [0.2, 0.25) is 23.6 Å². The van der Waals surface area contributed by atoms with E-state index in [0.717, 1.165) is 28.7 Å². The molecular weight excluding hydrogens is 448 g/mol. The zero-order valence-electron chi connectivity index (χ0n) is 21.3. The van der Waals surface area contributed by atoms with Gasteiger partial charge in [-0.15, -0.1) is 20.4 Å². The minimum atomic E-state index is 0.0947. The molecule has 36 heavy (non-hydrogen) atoms. The molecule has 0 bridgehead atoms. The third kappa shape index (κ3) is 5.13. The Kier molecular flexibility index (Phi) is 6.27. The number of nitrogens with zero attached hydrogens (tertiary/aromatic N) is 4. The zero-order valence-corrected chi connectivity index (χ0v) is 21.3. The summed E-state index contributed by atoms with van der Waals surface area (Å²) in [6, 6.07) is 24.2. The molecule has 0 fully saturated rings. The van der Waals surface area contributed by atoms with Crippen LogP contribution in [0.3, 0.4) is 0 Å². The molecule has 3 aromatic carbocycles. The normalized spacial score (nSPS) is 11.8. The van der Waals surface area contributed by atoms with Gasteiger partial charge in [0.05, 0.1) is 0 Å². The molecule has 0 N–H and O–H groups in total. The maximum Gasteiger partial charge on any atom is 0.248 e. The van der Waals surface area contributed by atoms with Crippen molar-refractivity contribution in [2.45, 2.75) is 46.5 Å². The Morgan fingerprint density at radius 2 is 0.889 bits per heavy atom. The van der Waals surface area contributed by atoms with Gasteiger partial charge in [-0.2, -0.15) is 0 Å². The molecule has 5 rings (SSSR count). The van der Waals surface area contributed by atoms with E-state index in [1.807, 2.05) is 48.5 Å². The summed E-state index contributed by atoms with van der Waals surface area (Å²) in [5, 5.41) is 16.9. The highest BCUT2D eigenvalue weighted by Crippen LogP contribution is 2.29. The predicted molar refractivity (Wildman–Crippen MR) is 141 cm³/mol. The standard InChI is InChI=1S/C30H30N4O2/c1-19(2)18-20-6-8-21(9-7-20)26-31-32-27(35-26)22-10-12-23(13-11-22)28-33-34-29(36-28)24-14-16-25(17-15-24)30(3,4)5/h6-17,19H,18H2,1-5H3. The van der Waals surface area contributed by atoms with E-state index < -0.39 is 0 Å². The first-order valence-corrected chi connectivity index (χ1v) is 12.2. The molecule has 0 aliphatic rings. The maximum atomic E-state index is 5.95. The molecule has 182 valence electrons.